The molecule has 2 N–H and O–H groups in total. The van der Waals surface area contributed by atoms with Gasteiger partial charge in [0.1, 0.15) is 4.49 Å². The number of hydrogen-bond donors (Lipinski definition) is 2. The summed E-state index contributed by atoms with van der Waals surface area (Å²) in [6.45, 7) is -0.0141. The molecule has 84 valence electrons. The average molecular weight is 254 g/mol. The van der Waals surface area contributed by atoms with E-state index in [-0.39, 0.29) is 17.5 Å². The van der Waals surface area contributed by atoms with Crippen molar-refractivity contribution in [3.63, 3.8) is 0 Å². The Morgan fingerprint density at radius 2 is 1.87 bits per heavy atom. The third kappa shape index (κ3) is 9.24. The highest BCUT2D eigenvalue weighted by atomic mass is 35.5. The van der Waals surface area contributed by atoms with Gasteiger partial charge in [-0.25, -0.2) is 0 Å². The molecule has 0 aliphatic carbocycles. The van der Waals surface area contributed by atoms with Gasteiger partial charge in [0.05, 0.1) is 12.8 Å². The van der Waals surface area contributed by atoms with E-state index in [0.29, 0.717) is 0 Å². The van der Waals surface area contributed by atoms with Crippen molar-refractivity contribution in [3.05, 3.63) is 10.6 Å². The minimum absolute atomic E-state index is 0.0141. The number of rotatable bonds is 6. The molecule has 7 heteroatoms. The van der Waals surface area contributed by atoms with Crippen molar-refractivity contribution in [1.82, 2.24) is 5.32 Å². The van der Waals surface area contributed by atoms with Crippen molar-refractivity contribution in [3.8, 4) is 0 Å². The third-order valence-corrected chi connectivity index (χ3v) is 1.48. The first kappa shape index (κ1) is 13.9. The molecule has 0 fully saturated rings. The van der Waals surface area contributed by atoms with Gasteiger partial charge in [-0.05, 0) is 0 Å². The molecule has 0 bridgehead atoms. The van der Waals surface area contributed by atoms with Crippen molar-refractivity contribution in [2.24, 2.45) is 0 Å². The molecular weight excluding hydrogens is 245 g/mol. The first-order valence-corrected chi connectivity index (χ1v) is 4.71. The number of aliphatic carboxylic acids is 1. The second kappa shape index (κ2) is 7.25. The van der Waals surface area contributed by atoms with Crippen LogP contribution in [0.25, 0.3) is 0 Å². The van der Waals surface area contributed by atoms with Crippen LogP contribution in [0, 0.1) is 0 Å². The van der Waals surface area contributed by atoms with E-state index in [1.165, 1.54) is 0 Å². The first-order valence-electron chi connectivity index (χ1n) is 3.96. The maximum absolute atomic E-state index is 11.0. The quantitative estimate of drug-likeness (QED) is 0.543. The molecule has 0 aromatic heterocycles. The summed E-state index contributed by atoms with van der Waals surface area (Å²) in [5.41, 5.74) is 0. The summed E-state index contributed by atoms with van der Waals surface area (Å²) in [6.07, 6.45) is 0.328. The zero-order chi connectivity index (χ0) is 11.8. The minimum atomic E-state index is -1.02. The SMILES string of the molecule is O=C(O)CCNC(=O)CC(=O)C=C(Cl)Cl. The van der Waals surface area contributed by atoms with Gasteiger partial charge in [0.15, 0.2) is 5.78 Å². The van der Waals surface area contributed by atoms with Crippen LogP contribution in [0.3, 0.4) is 0 Å². The zero-order valence-electron chi connectivity index (χ0n) is 7.63. The molecule has 0 unspecified atom stereocenters. The Morgan fingerprint density at radius 1 is 1.27 bits per heavy atom. The van der Waals surface area contributed by atoms with Crippen LogP contribution in [0.5, 0.6) is 0 Å². The molecule has 0 aliphatic heterocycles. The molecule has 0 heterocycles. The lowest BCUT2D eigenvalue weighted by molar-refractivity contribution is -0.136. The molecule has 0 saturated carbocycles. The summed E-state index contributed by atoms with van der Waals surface area (Å²) in [6, 6.07) is 0. The Morgan fingerprint density at radius 3 is 2.33 bits per heavy atom. The van der Waals surface area contributed by atoms with Gasteiger partial charge in [0.2, 0.25) is 5.91 Å². The molecule has 5 nitrogen and oxygen atoms in total. The molecule has 0 aliphatic rings. The van der Waals surface area contributed by atoms with Gasteiger partial charge in [-0.2, -0.15) is 0 Å². The average Bonchev–Trinajstić information content (AvgIpc) is 2.00. The molecule has 0 atom stereocenters. The van der Waals surface area contributed by atoms with E-state index in [0.717, 1.165) is 6.08 Å². The standard InChI is InChI=1S/C8H9Cl2NO4/c9-6(10)3-5(12)4-7(13)11-2-1-8(14)15/h3H,1-2,4H2,(H,11,13)(H,14,15). The fraction of sp³-hybridized carbons (Fsp3) is 0.375. The second-order valence-electron chi connectivity index (χ2n) is 2.57. The molecule has 1 amide bonds. The lowest BCUT2D eigenvalue weighted by Gasteiger charge is -2.00. The number of allylic oxidation sites excluding steroid dienone is 1. The second-order valence-corrected chi connectivity index (χ2v) is 3.58. The van der Waals surface area contributed by atoms with Crippen LogP contribution >= 0.6 is 23.2 Å². The third-order valence-electron chi connectivity index (χ3n) is 1.27. The van der Waals surface area contributed by atoms with Gasteiger partial charge < -0.3 is 10.4 Å². The predicted octanol–water partition coefficient (Wildman–Crippen LogP) is 0.856. The van der Waals surface area contributed by atoms with Crippen molar-refractivity contribution in [1.29, 1.82) is 0 Å². The summed E-state index contributed by atoms with van der Waals surface area (Å²) >= 11 is 10.4. The van der Waals surface area contributed by atoms with Crippen molar-refractivity contribution >= 4 is 40.9 Å². The van der Waals surface area contributed by atoms with Gasteiger partial charge in [-0.1, -0.05) is 23.2 Å². The summed E-state index contributed by atoms with van der Waals surface area (Å²) in [5.74, 6) is -2.12. The van der Waals surface area contributed by atoms with E-state index >= 15 is 0 Å². The van der Waals surface area contributed by atoms with Gasteiger partial charge in [-0.3, -0.25) is 14.4 Å². The number of hydrogen-bond acceptors (Lipinski definition) is 3. The Hall–Kier alpha value is -1.07. The highest BCUT2D eigenvalue weighted by Crippen LogP contribution is 2.06. The minimum Gasteiger partial charge on any atom is -0.481 e. The smallest absolute Gasteiger partial charge is 0.305 e. The van der Waals surface area contributed by atoms with E-state index in [1.807, 2.05) is 0 Å². The number of amides is 1. The van der Waals surface area contributed by atoms with Crippen molar-refractivity contribution in [2.75, 3.05) is 6.54 Å². The van der Waals surface area contributed by atoms with Crippen LogP contribution in [-0.4, -0.2) is 29.3 Å². The van der Waals surface area contributed by atoms with Gasteiger partial charge in [0.25, 0.3) is 0 Å². The number of carboxylic acids is 1. The monoisotopic (exact) mass is 253 g/mol. The Labute approximate surface area is 96.0 Å². The number of halogens is 2. The number of nitrogens with one attached hydrogen (secondary N) is 1. The number of carboxylic acid groups (broad SMARTS) is 1. The molecule has 0 radical (unpaired) electrons. The Kier molecular flexibility index (Phi) is 6.73. The van der Waals surface area contributed by atoms with Crippen molar-refractivity contribution in [2.45, 2.75) is 12.8 Å². The zero-order valence-corrected chi connectivity index (χ0v) is 9.14. The van der Waals surface area contributed by atoms with Gasteiger partial charge in [-0.15, -0.1) is 0 Å². The largest absolute Gasteiger partial charge is 0.481 e. The summed E-state index contributed by atoms with van der Waals surface area (Å²) in [5, 5.41) is 10.5. The summed E-state index contributed by atoms with van der Waals surface area (Å²) in [4.78, 5) is 32.0. The van der Waals surface area contributed by atoms with Crippen LogP contribution in [0.1, 0.15) is 12.8 Å². The highest BCUT2D eigenvalue weighted by molar-refractivity contribution is 6.56. The first-order chi connectivity index (χ1) is 6.91. The lowest BCUT2D eigenvalue weighted by atomic mass is 10.2. The maximum atomic E-state index is 11.0. The fourth-order valence-corrected chi connectivity index (χ4v) is 0.946. The van der Waals surface area contributed by atoms with Gasteiger partial charge >= 0.3 is 5.97 Å². The van der Waals surface area contributed by atoms with Crippen LogP contribution < -0.4 is 5.32 Å². The Balaban J connectivity index is 3.79. The van der Waals surface area contributed by atoms with E-state index in [9.17, 15) is 14.4 Å². The number of carbonyl (C=O) groups excluding carboxylic acids is 2. The van der Waals surface area contributed by atoms with E-state index in [1.54, 1.807) is 0 Å². The molecule has 0 rings (SSSR count). The molecule has 0 aromatic rings. The molecule has 0 saturated heterocycles. The predicted molar refractivity (Wildman–Crippen MR) is 54.7 cm³/mol. The number of ketones is 1. The van der Waals surface area contributed by atoms with E-state index < -0.39 is 24.1 Å². The lowest BCUT2D eigenvalue weighted by Crippen LogP contribution is -2.27. The molecule has 0 spiro atoms. The van der Waals surface area contributed by atoms with Crippen LogP contribution in [-0.2, 0) is 14.4 Å². The normalized spacial score (nSPS) is 9.20. The topological polar surface area (TPSA) is 83.5 Å². The van der Waals surface area contributed by atoms with Crippen molar-refractivity contribution < 1.29 is 19.5 Å². The maximum Gasteiger partial charge on any atom is 0.305 e. The van der Waals surface area contributed by atoms with Crippen LogP contribution in [0.2, 0.25) is 0 Å². The molecular formula is C8H9Cl2NO4. The fourth-order valence-electron chi connectivity index (χ4n) is 0.702. The van der Waals surface area contributed by atoms with E-state index in [2.05, 4.69) is 5.32 Å². The van der Waals surface area contributed by atoms with E-state index in [4.69, 9.17) is 28.3 Å². The summed E-state index contributed by atoms with van der Waals surface area (Å²) < 4.78 is -0.224. The Bertz CT molecular complexity index is 297. The van der Waals surface area contributed by atoms with Crippen LogP contribution in [0.15, 0.2) is 10.6 Å². The van der Waals surface area contributed by atoms with Gasteiger partial charge in [0, 0.05) is 12.6 Å². The highest BCUT2D eigenvalue weighted by Gasteiger charge is 2.07. The summed E-state index contributed by atoms with van der Waals surface area (Å²) in [7, 11) is 0. The molecule has 15 heavy (non-hydrogen) atoms. The molecule has 0 aromatic carbocycles. The number of carbonyl (C=O) groups is 3. The van der Waals surface area contributed by atoms with Crippen LogP contribution in [0.4, 0.5) is 0 Å².